The molecule has 0 amide bonds. The van der Waals surface area contributed by atoms with Gasteiger partial charge in [0.2, 0.25) is 0 Å². The van der Waals surface area contributed by atoms with Gasteiger partial charge in [0.25, 0.3) is 0 Å². The van der Waals surface area contributed by atoms with Crippen LogP contribution in [-0.4, -0.2) is 15.0 Å². The van der Waals surface area contributed by atoms with Crippen LogP contribution < -0.4 is 0 Å². The lowest BCUT2D eigenvalue weighted by Gasteiger charge is -2.13. The minimum absolute atomic E-state index is 0.610. The predicted molar refractivity (Wildman–Crippen MR) is 193 cm³/mol. The largest absolute Gasteiger partial charge is 0.456 e. The molecule has 10 rings (SSSR count). The Balaban J connectivity index is 1.28. The normalized spacial score (nSPS) is 11.8. The lowest BCUT2D eigenvalue weighted by molar-refractivity contribution is 0.669. The van der Waals surface area contributed by atoms with Crippen molar-refractivity contribution in [3.8, 4) is 34.2 Å². The Hall–Kier alpha value is -6.39. The highest BCUT2D eigenvalue weighted by atomic mass is 16.3. The first kappa shape index (κ1) is 25.9. The summed E-state index contributed by atoms with van der Waals surface area (Å²) in [6.07, 6.45) is 0. The molecule has 0 atom stereocenters. The predicted octanol–water partition coefficient (Wildman–Crippen LogP) is 11.4. The Bertz CT molecular complexity index is 2870. The molecule has 218 valence electrons. The molecule has 0 spiro atoms. The SMILES string of the molecule is c1ccc2cc(-c3nc(-c4cccc5c4ccc4ccc6ccccc6c45)nc(-c4cccc5oc6ccccc6c45)n3)ccc2c1. The summed E-state index contributed by atoms with van der Waals surface area (Å²) in [5.74, 6) is 1.87. The zero-order valence-corrected chi connectivity index (χ0v) is 25.2. The van der Waals surface area contributed by atoms with E-state index in [1.54, 1.807) is 0 Å². The van der Waals surface area contributed by atoms with Gasteiger partial charge in [-0.2, -0.15) is 0 Å². The monoisotopic (exact) mass is 599 g/mol. The number of hydrogen-bond donors (Lipinski definition) is 0. The molecule has 0 aliphatic carbocycles. The number of benzene rings is 8. The second kappa shape index (κ2) is 10.1. The minimum atomic E-state index is 0.610. The standard InChI is InChI=1S/C43H25N3O/c1-2-11-29-25-30(22-19-26(29)9-1)41-44-42(46-43(45-41)36-16-8-18-38-40(36)35-13-5-6-17-37(35)47-38)34-15-7-14-33-32(34)24-23-28-21-20-27-10-3-4-12-31(27)39(28)33/h1-25H. The zero-order chi connectivity index (χ0) is 30.9. The zero-order valence-electron chi connectivity index (χ0n) is 25.2. The van der Waals surface area contributed by atoms with Gasteiger partial charge >= 0.3 is 0 Å². The molecule has 47 heavy (non-hydrogen) atoms. The molecule has 0 unspecified atom stereocenters. The van der Waals surface area contributed by atoms with Crippen LogP contribution in [0.4, 0.5) is 0 Å². The maximum Gasteiger partial charge on any atom is 0.164 e. The second-order valence-electron chi connectivity index (χ2n) is 12.0. The fourth-order valence-corrected chi connectivity index (χ4v) is 7.09. The Kier molecular flexibility index (Phi) is 5.54. The molecule has 4 heteroatoms. The van der Waals surface area contributed by atoms with Crippen LogP contribution >= 0.6 is 0 Å². The Morgan fingerprint density at radius 3 is 1.87 bits per heavy atom. The van der Waals surface area contributed by atoms with Crippen molar-refractivity contribution < 1.29 is 4.42 Å². The van der Waals surface area contributed by atoms with E-state index in [1.165, 1.54) is 32.3 Å². The summed E-state index contributed by atoms with van der Waals surface area (Å²) in [6.45, 7) is 0. The van der Waals surface area contributed by atoms with Crippen molar-refractivity contribution in [3.05, 3.63) is 152 Å². The summed E-state index contributed by atoms with van der Waals surface area (Å²) in [6, 6.07) is 52.8. The van der Waals surface area contributed by atoms with Crippen molar-refractivity contribution in [2.45, 2.75) is 0 Å². The van der Waals surface area contributed by atoms with E-state index >= 15 is 0 Å². The maximum absolute atomic E-state index is 6.26. The Labute approximate surface area is 269 Å². The van der Waals surface area contributed by atoms with Gasteiger partial charge in [-0.15, -0.1) is 0 Å². The molecular weight excluding hydrogens is 574 g/mol. The number of furan rings is 1. The summed E-state index contributed by atoms with van der Waals surface area (Å²) < 4.78 is 6.26. The van der Waals surface area contributed by atoms with E-state index < -0.39 is 0 Å². The molecule has 0 aliphatic heterocycles. The maximum atomic E-state index is 6.26. The molecule has 4 nitrogen and oxygen atoms in total. The number of para-hydroxylation sites is 1. The third kappa shape index (κ3) is 4.05. The van der Waals surface area contributed by atoms with Gasteiger partial charge in [0.05, 0.1) is 0 Å². The number of hydrogen-bond acceptors (Lipinski definition) is 4. The highest BCUT2D eigenvalue weighted by Gasteiger charge is 2.19. The fraction of sp³-hybridized carbons (Fsp3) is 0. The number of fused-ring (bicyclic) bond motifs is 9. The van der Waals surface area contributed by atoms with Crippen molar-refractivity contribution in [3.63, 3.8) is 0 Å². The van der Waals surface area contributed by atoms with Gasteiger partial charge in [-0.3, -0.25) is 0 Å². The molecule has 0 saturated carbocycles. The lowest BCUT2D eigenvalue weighted by Crippen LogP contribution is -2.01. The summed E-state index contributed by atoms with van der Waals surface area (Å²) in [7, 11) is 0. The average molecular weight is 600 g/mol. The third-order valence-corrected chi connectivity index (χ3v) is 9.29. The highest BCUT2D eigenvalue weighted by Crippen LogP contribution is 2.39. The van der Waals surface area contributed by atoms with Crippen LogP contribution in [0.25, 0.3) is 99.2 Å². The molecule has 10 aromatic rings. The van der Waals surface area contributed by atoms with E-state index in [4.69, 9.17) is 19.4 Å². The molecule has 0 fully saturated rings. The molecule has 0 saturated heterocycles. The van der Waals surface area contributed by atoms with Crippen molar-refractivity contribution in [2.75, 3.05) is 0 Å². The Morgan fingerprint density at radius 2 is 0.957 bits per heavy atom. The average Bonchev–Trinajstić information content (AvgIpc) is 3.53. The van der Waals surface area contributed by atoms with Crippen LogP contribution in [-0.2, 0) is 0 Å². The van der Waals surface area contributed by atoms with Crippen LogP contribution in [0.15, 0.2) is 156 Å². The van der Waals surface area contributed by atoms with Crippen LogP contribution in [0.5, 0.6) is 0 Å². The summed E-state index contributed by atoms with van der Waals surface area (Å²) >= 11 is 0. The van der Waals surface area contributed by atoms with Gasteiger partial charge in [0.15, 0.2) is 17.5 Å². The van der Waals surface area contributed by atoms with Gasteiger partial charge in [0, 0.05) is 27.5 Å². The van der Waals surface area contributed by atoms with Crippen molar-refractivity contribution in [2.24, 2.45) is 0 Å². The van der Waals surface area contributed by atoms with Crippen LogP contribution in [0, 0.1) is 0 Å². The van der Waals surface area contributed by atoms with Gasteiger partial charge < -0.3 is 4.42 Å². The van der Waals surface area contributed by atoms with E-state index in [2.05, 4.69) is 121 Å². The molecule has 2 aromatic heterocycles. The first-order valence-corrected chi connectivity index (χ1v) is 15.8. The molecule has 0 bridgehead atoms. The van der Waals surface area contributed by atoms with E-state index in [0.717, 1.165) is 49.4 Å². The molecule has 2 heterocycles. The van der Waals surface area contributed by atoms with Crippen molar-refractivity contribution >= 4 is 65.0 Å². The van der Waals surface area contributed by atoms with Crippen molar-refractivity contribution in [1.29, 1.82) is 0 Å². The van der Waals surface area contributed by atoms with Crippen LogP contribution in [0.3, 0.4) is 0 Å². The van der Waals surface area contributed by atoms with Gasteiger partial charge in [-0.1, -0.05) is 133 Å². The van der Waals surface area contributed by atoms with E-state index in [1.807, 2.05) is 30.3 Å². The Morgan fingerprint density at radius 1 is 0.340 bits per heavy atom. The summed E-state index contributed by atoms with van der Waals surface area (Å²) in [5, 5.41) is 11.5. The minimum Gasteiger partial charge on any atom is -0.456 e. The first-order valence-electron chi connectivity index (χ1n) is 15.8. The van der Waals surface area contributed by atoms with Gasteiger partial charge in [-0.05, 0) is 61.3 Å². The number of rotatable bonds is 3. The molecule has 0 aliphatic rings. The molecule has 0 radical (unpaired) electrons. The third-order valence-electron chi connectivity index (χ3n) is 9.29. The topological polar surface area (TPSA) is 51.8 Å². The van der Waals surface area contributed by atoms with Gasteiger partial charge in [0.1, 0.15) is 11.2 Å². The number of aromatic nitrogens is 3. The smallest absolute Gasteiger partial charge is 0.164 e. The molecule has 8 aromatic carbocycles. The lowest BCUT2D eigenvalue weighted by atomic mass is 9.94. The number of nitrogens with zero attached hydrogens (tertiary/aromatic N) is 3. The molecule has 0 N–H and O–H groups in total. The summed E-state index contributed by atoms with van der Waals surface area (Å²) in [5.41, 5.74) is 4.46. The quantitative estimate of drug-likeness (QED) is 0.190. The summed E-state index contributed by atoms with van der Waals surface area (Å²) in [4.78, 5) is 15.6. The molecular formula is C43H25N3O. The van der Waals surface area contributed by atoms with E-state index in [9.17, 15) is 0 Å². The van der Waals surface area contributed by atoms with Gasteiger partial charge in [-0.25, -0.2) is 15.0 Å². The first-order chi connectivity index (χ1) is 23.3. The van der Waals surface area contributed by atoms with E-state index in [0.29, 0.717) is 17.5 Å². The second-order valence-corrected chi connectivity index (χ2v) is 12.0. The van der Waals surface area contributed by atoms with Crippen molar-refractivity contribution in [1.82, 2.24) is 15.0 Å². The van der Waals surface area contributed by atoms with E-state index in [-0.39, 0.29) is 0 Å². The fourth-order valence-electron chi connectivity index (χ4n) is 7.09. The van der Waals surface area contributed by atoms with Crippen LogP contribution in [0.1, 0.15) is 0 Å². The highest BCUT2D eigenvalue weighted by molar-refractivity contribution is 6.22. The van der Waals surface area contributed by atoms with Crippen LogP contribution in [0.2, 0.25) is 0 Å².